The van der Waals surface area contributed by atoms with Crippen LogP contribution in [0.2, 0.25) is 0 Å². The number of esters is 1. The molecule has 1 aromatic heterocycles. The van der Waals surface area contributed by atoms with Crippen molar-refractivity contribution in [1.29, 1.82) is 0 Å². The zero-order valence-electron chi connectivity index (χ0n) is 15.0. The molecule has 132 valence electrons. The Morgan fingerprint density at radius 2 is 2.00 bits per heavy atom. The fourth-order valence-corrected chi connectivity index (χ4v) is 3.27. The van der Waals surface area contributed by atoms with Gasteiger partial charge in [-0.3, -0.25) is 0 Å². The van der Waals surface area contributed by atoms with Crippen LogP contribution in [0, 0.1) is 5.82 Å². The van der Waals surface area contributed by atoms with E-state index in [1.807, 2.05) is 13.8 Å². The summed E-state index contributed by atoms with van der Waals surface area (Å²) in [6.07, 6.45) is 2.19. The van der Waals surface area contributed by atoms with Gasteiger partial charge in [-0.05, 0) is 49.1 Å². The third kappa shape index (κ3) is 3.50. The zero-order valence-corrected chi connectivity index (χ0v) is 15.0. The fraction of sp³-hybridized carbons (Fsp3) is 0.400. The molecule has 1 aliphatic rings. The molecular formula is C20H23FN2O2. The van der Waals surface area contributed by atoms with Crippen molar-refractivity contribution < 1.29 is 13.9 Å². The van der Waals surface area contributed by atoms with Crippen LogP contribution >= 0.6 is 0 Å². The molecule has 0 atom stereocenters. The Kier molecular flexibility index (Phi) is 4.50. The predicted molar refractivity (Wildman–Crippen MR) is 95.5 cm³/mol. The van der Waals surface area contributed by atoms with E-state index in [0.717, 1.165) is 28.9 Å². The lowest BCUT2D eigenvalue weighted by Crippen LogP contribution is -2.20. The molecule has 0 saturated carbocycles. The molecule has 1 N–H and O–H groups in total. The highest BCUT2D eigenvalue weighted by atomic mass is 19.1. The molecule has 0 spiro atoms. The number of benzene rings is 1. The van der Waals surface area contributed by atoms with Crippen molar-refractivity contribution in [2.24, 2.45) is 0 Å². The second kappa shape index (κ2) is 6.47. The maximum Gasteiger partial charge on any atom is 0.359 e. The number of nitrogens with zero attached hydrogens (tertiary/aromatic N) is 1. The van der Waals surface area contributed by atoms with E-state index >= 15 is 0 Å². The number of carbonyl (C=O) groups is 1. The molecule has 0 amide bonds. The standard InChI is InChI=1S/C20H23FN2O2/c1-12(2)25-19(24)18-17-16(20(3,4)11-23-17)14(10-22-18)9-13-5-7-15(21)8-6-13/h5-8,10,12,23H,9,11H2,1-4H3. The van der Waals surface area contributed by atoms with Gasteiger partial charge in [-0.2, -0.15) is 0 Å². The second-order valence-corrected chi connectivity index (χ2v) is 7.38. The van der Waals surface area contributed by atoms with Gasteiger partial charge in [0.1, 0.15) is 5.82 Å². The third-order valence-electron chi connectivity index (χ3n) is 4.39. The molecule has 25 heavy (non-hydrogen) atoms. The summed E-state index contributed by atoms with van der Waals surface area (Å²) in [6.45, 7) is 8.64. The molecule has 0 radical (unpaired) electrons. The van der Waals surface area contributed by atoms with Gasteiger partial charge in [-0.1, -0.05) is 26.0 Å². The average molecular weight is 342 g/mol. The first-order chi connectivity index (χ1) is 11.8. The van der Waals surface area contributed by atoms with Crippen LogP contribution in [-0.4, -0.2) is 23.6 Å². The number of pyridine rings is 1. The van der Waals surface area contributed by atoms with E-state index in [1.54, 1.807) is 18.3 Å². The van der Waals surface area contributed by atoms with Crippen LogP contribution < -0.4 is 5.32 Å². The molecule has 1 aromatic carbocycles. The average Bonchev–Trinajstić information content (AvgIpc) is 2.85. The Balaban J connectivity index is 2.02. The first kappa shape index (κ1) is 17.4. The summed E-state index contributed by atoms with van der Waals surface area (Å²) in [7, 11) is 0. The second-order valence-electron chi connectivity index (χ2n) is 7.38. The highest BCUT2D eigenvalue weighted by Crippen LogP contribution is 2.41. The summed E-state index contributed by atoms with van der Waals surface area (Å²) in [6, 6.07) is 6.47. The van der Waals surface area contributed by atoms with Crippen molar-refractivity contribution in [3.63, 3.8) is 0 Å². The van der Waals surface area contributed by atoms with Crippen LogP contribution in [0.4, 0.5) is 10.1 Å². The lowest BCUT2D eigenvalue weighted by molar-refractivity contribution is 0.0372. The number of rotatable bonds is 4. The Morgan fingerprint density at radius 3 is 2.64 bits per heavy atom. The van der Waals surface area contributed by atoms with Crippen LogP contribution in [0.3, 0.4) is 0 Å². The molecule has 1 aliphatic heterocycles. The fourth-order valence-electron chi connectivity index (χ4n) is 3.27. The van der Waals surface area contributed by atoms with Crippen molar-refractivity contribution in [3.05, 3.63) is 58.7 Å². The number of ether oxygens (including phenoxy) is 1. The van der Waals surface area contributed by atoms with Gasteiger partial charge in [0.2, 0.25) is 0 Å². The maximum absolute atomic E-state index is 13.1. The minimum absolute atomic E-state index is 0.125. The first-order valence-corrected chi connectivity index (χ1v) is 8.49. The molecule has 3 rings (SSSR count). The van der Waals surface area contributed by atoms with Crippen molar-refractivity contribution in [2.75, 3.05) is 11.9 Å². The molecule has 4 nitrogen and oxygen atoms in total. The maximum atomic E-state index is 13.1. The van der Waals surface area contributed by atoms with Crippen LogP contribution in [0.1, 0.15) is 54.9 Å². The summed E-state index contributed by atoms with van der Waals surface area (Å²) in [5, 5.41) is 3.33. The minimum Gasteiger partial charge on any atom is -0.458 e. The van der Waals surface area contributed by atoms with Crippen molar-refractivity contribution in [3.8, 4) is 0 Å². The van der Waals surface area contributed by atoms with Gasteiger partial charge in [0, 0.05) is 18.2 Å². The third-order valence-corrected chi connectivity index (χ3v) is 4.39. The van der Waals surface area contributed by atoms with E-state index in [1.165, 1.54) is 12.1 Å². The number of nitrogens with one attached hydrogen (secondary N) is 1. The number of carbonyl (C=O) groups excluding carboxylic acids is 1. The van der Waals surface area contributed by atoms with Gasteiger partial charge in [0.25, 0.3) is 0 Å². The summed E-state index contributed by atoms with van der Waals surface area (Å²) in [4.78, 5) is 16.7. The highest BCUT2D eigenvalue weighted by molar-refractivity contribution is 5.95. The quantitative estimate of drug-likeness (QED) is 0.851. The van der Waals surface area contributed by atoms with Crippen molar-refractivity contribution >= 4 is 11.7 Å². The normalized spacial score (nSPS) is 15.0. The van der Waals surface area contributed by atoms with E-state index in [9.17, 15) is 9.18 Å². The number of fused-ring (bicyclic) bond motifs is 1. The van der Waals surface area contributed by atoms with Gasteiger partial charge in [0.15, 0.2) is 5.69 Å². The zero-order chi connectivity index (χ0) is 18.2. The number of halogens is 1. The molecule has 2 heterocycles. The predicted octanol–water partition coefficient (Wildman–Crippen LogP) is 4.08. The topological polar surface area (TPSA) is 51.2 Å². The smallest absolute Gasteiger partial charge is 0.359 e. The lowest BCUT2D eigenvalue weighted by atomic mass is 9.82. The van der Waals surface area contributed by atoms with E-state index in [4.69, 9.17) is 4.74 Å². The Labute approximate surface area is 147 Å². The largest absolute Gasteiger partial charge is 0.458 e. The molecule has 5 heteroatoms. The summed E-state index contributed by atoms with van der Waals surface area (Å²) >= 11 is 0. The van der Waals surface area contributed by atoms with Gasteiger partial charge in [0.05, 0.1) is 11.8 Å². The van der Waals surface area contributed by atoms with Crippen molar-refractivity contribution in [1.82, 2.24) is 4.98 Å². The van der Waals surface area contributed by atoms with E-state index in [2.05, 4.69) is 24.1 Å². The molecule has 0 bridgehead atoms. The van der Waals surface area contributed by atoms with E-state index in [-0.39, 0.29) is 17.3 Å². The Morgan fingerprint density at radius 1 is 1.32 bits per heavy atom. The molecule has 0 saturated heterocycles. The molecule has 0 fully saturated rings. The van der Waals surface area contributed by atoms with Crippen LogP contribution in [0.15, 0.2) is 30.5 Å². The Hall–Kier alpha value is -2.43. The number of aromatic nitrogens is 1. The number of hydrogen-bond acceptors (Lipinski definition) is 4. The minimum atomic E-state index is -0.412. The summed E-state index contributed by atoms with van der Waals surface area (Å²) in [5.74, 6) is -0.661. The SMILES string of the molecule is CC(C)OC(=O)c1ncc(Cc2ccc(F)cc2)c2c1NCC2(C)C. The van der Waals surface area contributed by atoms with Crippen LogP contribution in [0.5, 0.6) is 0 Å². The molecular weight excluding hydrogens is 319 g/mol. The number of hydrogen-bond donors (Lipinski definition) is 1. The monoisotopic (exact) mass is 342 g/mol. The lowest BCUT2D eigenvalue weighted by Gasteiger charge is -2.21. The molecule has 0 aliphatic carbocycles. The van der Waals surface area contributed by atoms with Gasteiger partial charge < -0.3 is 10.1 Å². The summed E-state index contributed by atoms with van der Waals surface area (Å²) in [5.41, 5.74) is 4.10. The van der Waals surface area contributed by atoms with Gasteiger partial charge >= 0.3 is 5.97 Å². The van der Waals surface area contributed by atoms with Gasteiger partial charge in [-0.15, -0.1) is 0 Å². The van der Waals surface area contributed by atoms with Gasteiger partial charge in [-0.25, -0.2) is 14.2 Å². The Bertz CT molecular complexity index is 798. The first-order valence-electron chi connectivity index (χ1n) is 8.49. The van der Waals surface area contributed by atoms with Crippen molar-refractivity contribution in [2.45, 2.75) is 45.6 Å². The molecule has 2 aromatic rings. The number of anilines is 1. The summed E-state index contributed by atoms with van der Waals surface area (Å²) < 4.78 is 18.5. The molecule has 0 unspecified atom stereocenters. The van der Waals surface area contributed by atoms with Crippen LogP contribution in [-0.2, 0) is 16.6 Å². The highest BCUT2D eigenvalue weighted by Gasteiger charge is 2.36. The van der Waals surface area contributed by atoms with E-state index in [0.29, 0.717) is 12.1 Å². The van der Waals surface area contributed by atoms with E-state index < -0.39 is 5.97 Å². The van der Waals surface area contributed by atoms with Crippen LogP contribution in [0.25, 0.3) is 0 Å².